The topological polar surface area (TPSA) is 27.6 Å². The number of guanidine groups is 1. The molecule has 1 unspecified atom stereocenters. The highest BCUT2D eigenvalue weighted by molar-refractivity contribution is 14.0. The number of halogens is 1. The van der Waals surface area contributed by atoms with E-state index in [9.17, 15) is 0 Å². The van der Waals surface area contributed by atoms with Crippen LogP contribution in [-0.2, 0) is 6.42 Å². The molecule has 0 bridgehead atoms. The molecule has 1 atom stereocenters. The summed E-state index contributed by atoms with van der Waals surface area (Å²) < 4.78 is 0. The number of hydrogen-bond donors (Lipinski definition) is 1. The van der Waals surface area contributed by atoms with Gasteiger partial charge in [-0.3, -0.25) is 4.99 Å². The van der Waals surface area contributed by atoms with Crippen molar-refractivity contribution < 1.29 is 0 Å². The van der Waals surface area contributed by atoms with Gasteiger partial charge in [-0.25, -0.2) is 0 Å². The van der Waals surface area contributed by atoms with Gasteiger partial charge in [-0.05, 0) is 37.7 Å². The standard InChI is InChI=1S/C17H27N3.HI/c1-3-18-17(20-13-7-8-15(2)14-20)19-12-11-16-9-5-4-6-10-16;/h4-6,9-10,15H,3,7-8,11-14H2,1-2H3,(H,18,19);1H. The van der Waals surface area contributed by atoms with Crippen molar-refractivity contribution in [3.05, 3.63) is 35.9 Å². The molecule has 21 heavy (non-hydrogen) atoms. The van der Waals surface area contributed by atoms with E-state index in [4.69, 9.17) is 4.99 Å². The Balaban J connectivity index is 0.00000220. The van der Waals surface area contributed by atoms with Gasteiger partial charge in [0.2, 0.25) is 0 Å². The molecular formula is C17H28IN3. The van der Waals surface area contributed by atoms with Gasteiger partial charge in [-0.2, -0.15) is 0 Å². The first kappa shape index (κ1) is 18.3. The van der Waals surface area contributed by atoms with Crippen LogP contribution in [-0.4, -0.2) is 37.0 Å². The van der Waals surface area contributed by atoms with E-state index in [1.807, 2.05) is 0 Å². The average Bonchev–Trinajstić information content (AvgIpc) is 2.47. The lowest BCUT2D eigenvalue weighted by Crippen LogP contribution is -2.46. The van der Waals surface area contributed by atoms with E-state index in [2.05, 4.69) is 54.4 Å². The second kappa shape index (κ2) is 10.0. The minimum Gasteiger partial charge on any atom is -0.357 e. The normalized spacial score (nSPS) is 19.0. The Kier molecular flexibility index (Phi) is 8.73. The van der Waals surface area contributed by atoms with Crippen molar-refractivity contribution >= 4 is 29.9 Å². The van der Waals surface area contributed by atoms with Crippen LogP contribution in [0.4, 0.5) is 0 Å². The Hall–Kier alpha value is -0.780. The van der Waals surface area contributed by atoms with Crippen LogP contribution in [0.5, 0.6) is 0 Å². The Labute approximate surface area is 146 Å². The molecule has 0 amide bonds. The van der Waals surface area contributed by atoms with Crippen molar-refractivity contribution in [2.75, 3.05) is 26.2 Å². The van der Waals surface area contributed by atoms with Gasteiger partial charge in [-0.15, -0.1) is 24.0 Å². The summed E-state index contributed by atoms with van der Waals surface area (Å²) in [6, 6.07) is 10.6. The highest BCUT2D eigenvalue weighted by Crippen LogP contribution is 2.15. The molecule has 1 N–H and O–H groups in total. The van der Waals surface area contributed by atoms with Crippen molar-refractivity contribution in [2.24, 2.45) is 10.9 Å². The first-order valence-electron chi connectivity index (χ1n) is 7.86. The predicted molar refractivity (Wildman–Crippen MR) is 102 cm³/mol. The van der Waals surface area contributed by atoms with E-state index in [1.54, 1.807) is 0 Å². The summed E-state index contributed by atoms with van der Waals surface area (Å²) in [4.78, 5) is 7.22. The quantitative estimate of drug-likeness (QED) is 0.475. The monoisotopic (exact) mass is 401 g/mol. The summed E-state index contributed by atoms with van der Waals surface area (Å²) in [7, 11) is 0. The van der Waals surface area contributed by atoms with E-state index >= 15 is 0 Å². The summed E-state index contributed by atoms with van der Waals surface area (Å²) in [6.07, 6.45) is 3.64. The van der Waals surface area contributed by atoms with Gasteiger partial charge in [0.05, 0.1) is 0 Å². The highest BCUT2D eigenvalue weighted by Gasteiger charge is 2.18. The summed E-state index contributed by atoms with van der Waals surface area (Å²) >= 11 is 0. The zero-order chi connectivity index (χ0) is 14.2. The molecule has 0 aromatic heterocycles. The first-order chi connectivity index (χ1) is 9.79. The molecule has 118 valence electrons. The van der Waals surface area contributed by atoms with Gasteiger partial charge in [0.15, 0.2) is 5.96 Å². The van der Waals surface area contributed by atoms with Crippen LogP contribution >= 0.6 is 24.0 Å². The molecule has 4 heteroatoms. The number of aliphatic imine (C=N–C) groups is 1. The Morgan fingerprint density at radius 1 is 1.33 bits per heavy atom. The summed E-state index contributed by atoms with van der Waals surface area (Å²) in [5, 5.41) is 3.44. The van der Waals surface area contributed by atoms with E-state index in [0.29, 0.717) is 0 Å². The number of likely N-dealkylation sites (tertiary alicyclic amines) is 1. The summed E-state index contributed by atoms with van der Waals surface area (Å²) in [6.45, 7) is 8.55. The SMILES string of the molecule is CCNC(=NCCc1ccccc1)N1CCCC(C)C1.I. The summed E-state index contributed by atoms with van der Waals surface area (Å²) in [5.74, 6) is 1.87. The van der Waals surface area contributed by atoms with Crippen molar-refractivity contribution in [3.63, 3.8) is 0 Å². The molecule has 1 aromatic carbocycles. The van der Waals surface area contributed by atoms with E-state index in [1.165, 1.54) is 18.4 Å². The lowest BCUT2D eigenvalue weighted by atomic mass is 10.0. The third-order valence-electron chi connectivity index (χ3n) is 3.80. The average molecular weight is 401 g/mol. The number of nitrogens with one attached hydrogen (secondary N) is 1. The first-order valence-corrected chi connectivity index (χ1v) is 7.86. The van der Waals surface area contributed by atoms with Crippen LogP contribution in [0.1, 0.15) is 32.3 Å². The molecular weight excluding hydrogens is 373 g/mol. The van der Waals surface area contributed by atoms with E-state index < -0.39 is 0 Å². The second-order valence-electron chi connectivity index (χ2n) is 5.66. The smallest absolute Gasteiger partial charge is 0.193 e. The largest absolute Gasteiger partial charge is 0.357 e. The molecule has 3 nitrogen and oxygen atoms in total. The molecule has 0 aliphatic carbocycles. The van der Waals surface area contributed by atoms with Crippen LogP contribution in [0.25, 0.3) is 0 Å². The zero-order valence-electron chi connectivity index (χ0n) is 13.2. The lowest BCUT2D eigenvalue weighted by molar-refractivity contribution is 0.266. The molecule has 0 spiro atoms. The molecule has 0 radical (unpaired) electrons. The number of hydrogen-bond acceptors (Lipinski definition) is 1. The number of benzene rings is 1. The maximum Gasteiger partial charge on any atom is 0.193 e. The van der Waals surface area contributed by atoms with Crippen LogP contribution in [0.15, 0.2) is 35.3 Å². The maximum absolute atomic E-state index is 4.80. The van der Waals surface area contributed by atoms with Crippen LogP contribution in [0.2, 0.25) is 0 Å². The number of piperidine rings is 1. The minimum absolute atomic E-state index is 0. The molecule has 1 aliphatic heterocycles. The third-order valence-corrected chi connectivity index (χ3v) is 3.80. The van der Waals surface area contributed by atoms with E-state index in [-0.39, 0.29) is 24.0 Å². The Morgan fingerprint density at radius 2 is 2.10 bits per heavy atom. The fraction of sp³-hybridized carbons (Fsp3) is 0.588. The highest BCUT2D eigenvalue weighted by atomic mass is 127. The van der Waals surface area contributed by atoms with Crippen LogP contribution < -0.4 is 5.32 Å². The fourth-order valence-electron chi connectivity index (χ4n) is 2.74. The van der Waals surface area contributed by atoms with Gasteiger partial charge in [-0.1, -0.05) is 37.3 Å². The van der Waals surface area contributed by atoms with Crippen LogP contribution in [0.3, 0.4) is 0 Å². The molecule has 2 rings (SSSR count). The fourth-order valence-corrected chi connectivity index (χ4v) is 2.74. The molecule has 0 saturated carbocycles. The molecule has 1 heterocycles. The Morgan fingerprint density at radius 3 is 2.76 bits per heavy atom. The van der Waals surface area contributed by atoms with Crippen molar-refractivity contribution in [3.8, 4) is 0 Å². The van der Waals surface area contributed by atoms with Gasteiger partial charge >= 0.3 is 0 Å². The van der Waals surface area contributed by atoms with E-state index in [0.717, 1.165) is 44.5 Å². The molecule has 1 fully saturated rings. The van der Waals surface area contributed by atoms with Crippen LogP contribution in [0, 0.1) is 5.92 Å². The van der Waals surface area contributed by atoms with Crippen molar-refractivity contribution in [2.45, 2.75) is 33.1 Å². The molecule has 1 aliphatic rings. The third kappa shape index (κ3) is 6.24. The lowest BCUT2D eigenvalue weighted by Gasteiger charge is -2.33. The Bertz CT molecular complexity index is 419. The van der Waals surface area contributed by atoms with Gasteiger partial charge in [0.25, 0.3) is 0 Å². The molecule has 1 saturated heterocycles. The van der Waals surface area contributed by atoms with Gasteiger partial charge < -0.3 is 10.2 Å². The molecule has 1 aromatic rings. The maximum atomic E-state index is 4.80. The minimum atomic E-state index is 0. The second-order valence-corrected chi connectivity index (χ2v) is 5.66. The van der Waals surface area contributed by atoms with Crippen molar-refractivity contribution in [1.29, 1.82) is 0 Å². The zero-order valence-corrected chi connectivity index (χ0v) is 15.5. The van der Waals surface area contributed by atoms with Crippen molar-refractivity contribution in [1.82, 2.24) is 10.2 Å². The number of nitrogens with zero attached hydrogens (tertiary/aromatic N) is 2. The van der Waals surface area contributed by atoms with Gasteiger partial charge in [0.1, 0.15) is 0 Å². The summed E-state index contributed by atoms with van der Waals surface area (Å²) in [5.41, 5.74) is 1.36. The predicted octanol–water partition coefficient (Wildman–Crippen LogP) is 3.54. The van der Waals surface area contributed by atoms with Gasteiger partial charge in [0, 0.05) is 26.2 Å². The number of rotatable bonds is 4.